The molecule has 0 unspecified atom stereocenters. The van der Waals surface area contributed by atoms with Crippen LogP contribution in [0, 0.1) is 5.41 Å². The highest BCUT2D eigenvalue weighted by Crippen LogP contribution is 2.42. The van der Waals surface area contributed by atoms with E-state index in [2.05, 4.69) is 10.3 Å². The predicted molar refractivity (Wildman–Crippen MR) is 87.6 cm³/mol. The molecule has 0 aliphatic carbocycles. The summed E-state index contributed by atoms with van der Waals surface area (Å²) in [6.45, 7) is 3.58. The minimum atomic E-state index is -0.375. The van der Waals surface area contributed by atoms with Crippen LogP contribution in [0.25, 0.3) is 0 Å². The SMILES string of the molecule is C[C@@H]1N(C(=O)CCc2cccnc2)CCC[C@@]12CCCNC2=O. The van der Waals surface area contributed by atoms with Crippen LogP contribution in [0.2, 0.25) is 0 Å². The first-order valence-electron chi connectivity index (χ1n) is 8.60. The highest BCUT2D eigenvalue weighted by Gasteiger charge is 2.49. The molecule has 5 heteroatoms. The molecule has 3 rings (SSSR count). The van der Waals surface area contributed by atoms with Crippen molar-refractivity contribution in [1.82, 2.24) is 15.2 Å². The van der Waals surface area contributed by atoms with Gasteiger partial charge in [0.25, 0.3) is 0 Å². The number of carbonyl (C=O) groups excluding carboxylic acids is 2. The van der Waals surface area contributed by atoms with Crippen LogP contribution in [0.15, 0.2) is 24.5 Å². The Morgan fingerprint density at radius 1 is 1.43 bits per heavy atom. The number of hydrogen-bond acceptors (Lipinski definition) is 3. The zero-order chi connectivity index (χ0) is 16.3. The van der Waals surface area contributed by atoms with Gasteiger partial charge in [0.15, 0.2) is 0 Å². The van der Waals surface area contributed by atoms with Gasteiger partial charge >= 0.3 is 0 Å². The summed E-state index contributed by atoms with van der Waals surface area (Å²) in [5.41, 5.74) is 0.705. The molecule has 0 bridgehead atoms. The first-order valence-corrected chi connectivity index (χ1v) is 8.60. The van der Waals surface area contributed by atoms with Gasteiger partial charge in [-0.1, -0.05) is 6.07 Å². The smallest absolute Gasteiger partial charge is 0.228 e. The minimum absolute atomic E-state index is 0.0158. The fraction of sp³-hybridized carbons (Fsp3) is 0.611. The third kappa shape index (κ3) is 3.09. The molecule has 124 valence electrons. The molecule has 2 atom stereocenters. The monoisotopic (exact) mass is 315 g/mol. The highest BCUT2D eigenvalue weighted by molar-refractivity contribution is 5.86. The summed E-state index contributed by atoms with van der Waals surface area (Å²) in [5.74, 6) is 0.291. The Labute approximate surface area is 137 Å². The third-order valence-electron chi connectivity index (χ3n) is 5.50. The van der Waals surface area contributed by atoms with Crippen LogP contribution in [0.1, 0.15) is 44.6 Å². The zero-order valence-corrected chi connectivity index (χ0v) is 13.8. The molecule has 1 aromatic heterocycles. The quantitative estimate of drug-likeness (QED) is 0.927. The minimum Gasteiger partial charge on any atom is -0.356 e. The summed E-state index contributed by atoms with van der Waals surface area (Å²) < 4.78 is 0. The van der Waals surface area contributed by atoms with Gasteiger partial charge in [-0.15, -0.1) is 0 Å². The van der Waals surface area contributed by atoms with E-state index in [1.54, 1.807) is 6.20 Å². The van der Waals surface area contributed by atoms with Crippen molar-refractivity contribution in [2.45, 2.75) is 51.5 Å². The van der Waals surface area contributed by atoms with Crippen LogP contribution < -0.4 is 5.32 Å². The topological polar surface area (TPSA) is 62.3 Å². The molecule has 3 heterocycles. The molecule has 2 aliphatic heterocycles. The summed E-state index contributed by atoms with van der Waals surface area (Å²) in [7, 11) is 0. The second kappa shape index (κ2) is 6.69. The summed E-state index contributed by atoms with van der Waals surface area (Å²) in [6.07, 6.45) is 8.44. The maximum atomic E-state index is 12.7. The number of aromatic nitrogens is 1. The lowest BCUT2D eigenvalue weighted by Gasteiger charge is -2.49. The second-order valence-corrected chi connectivity index (χ2v) is 6.74. The van der Waals surface area contributed by atoms with Crippen LogP contribution in [-0.4, -0.2) is 40.8 Å². The Morgan fingerprint density at radius 3 is 3.00 bits per heavy atom. The van der Waals surface area contributed by atoms with E-state index in [0.717, 1.165) is 44.3 Å². The van der Waals surface area contributed by atoms with Gasteiger partial charge in [0, 0.05) is 37.9 Å². The summed E-state index contributed by atoms with van der Waals surface area (Å²) in [5, 5.41) is 3.01. The second-order valence-electron chi connectivity index (χ2n) is 6.74. The molecule has 2 aliphatic rings. The van der Waals surface area contributed by atoms with E-state index in [-0.39, 0.29) is 23.3 Å². The Hall–Kier alpha value is -1.91. The molecule has 2 amide bonds. The maximum Gasteiger partial charge on any atom is 0.228 e. The number of nitrogens with zero attached hydrogens (tertiary/aromatic N) is 2. The Balaban J connectivity index is 1.67. The molecule has 1 spiro atoms. The molecule has 2 fully saturated rings. The van der Waals surface area contributed by atoms with Gasteiger partial charge < -0.3 is 10.2 Å². The average molecular weight is 315 g/mol. The van der Waals surface area contributed by atoms with E-state index in [4.69, 9.17) is 0 Å². The van der Waals surface area contributed by atoms with Gasteiger partial charge in [-0.3, -0.25) is 14.6 Å². The van der Waals surface area contributed by atoms with Crippen molar-refractivity contribution < 1.29 is 9.59 Å². The van der Waals surface area contributed by atoms with E-state index < -0.39 is 0 Å². The van der Waals surface area contributed by atoms with Gasteiger partial charge in [-0.25, -0.2) is 0 Å². The summed E-state index contributed by atoms with van der Waals surface area (Å²) in [6, 6.07) is 3.87. The number of likely N-dealkylation sites (tertiary alicyclic amines) is 1. The average Bonchev–Trinajstić information content (AvgIpc) is 2.58. The molecule has 1 N–H and O–H groups in total. The number of pyridine rings is 1. The molecule has 0 radical (unpaired) electrons. The van der Waals surface area contributed by atoms with Crippen molar-refractivity contribution in [3.05, 3.63) is 30.1 Å². The Bertz CT molecular complexity index is 571. The van der Waals surface area contributed by atoms with Gasteiger partial charge in [0.1, 0.15) is 0 Å². The number of nitrogens with one attached hydrogen (secondary N) is 1. The lowest BCUT2D eigenvalue weighted by Crippen LogP contribution is -2.61. The largest absolute Gasteiger partial charge is 0.356 e. The first-order chi connectivity index (χ1) is 11.1. The van der Waals surface area contributed by atoms with Crippen LogP contribution in [0.3, 0.4) is 0 Å². The van der Waals surface area contributed by atoms with E-state index in [9.17, 15) is 9.59 Å². The number of aryl methyl sites for hydroxylation is 1. The van der Waals surface area contributed by atoms with Crippen molar-refractivity contribution in [1.29, 1.82) is 0 Å². The van der Waals surface area contributed by atoms with Crippen LogP contribution in [0.5, 0.6) is 0 Å². The van der Waals surface area contributed by atoms with Gasteiger partial charge in [-0.2, -0.15) is 0 Å². The molecule has 5 nitrogen and oxygen atoms in total. The number of hydrogen-bond donors (Lipinski definition) is 1. The van der Waals surface area contributed by atoms with E-state index in [0.29, 0.717) is 12.8 Å². The Kier molecular flexibility index (Phi) is 4.64. The molecule has 23 heavy (non-hydrogen) atoms. The normalized spacial score (nSPS) is 27.8. The van der Waals surface area contributed by atoms with E-state index >= 15 is 0 Å². The third-order valence-corrected chi connectivity index (χ3v) is 5.50. The van der Waals surface area contributed by atoms with Gasteiger partial charge in [0.2, 0.25) is 11.8 Å². The molecule has 2 saturated heterocycles. The van der Waals surface area contributed by atoms with Crippen LogP contribution >= 0.6 is 0 Å². The maximum absolute atomic E-state index is 12.7. The number of piperidine rings is 2. The molecular formula is C18H25N3O2. The lowest BCUT2D eigenvalue weighted by molar-refractivity contribution is -0.149. The molecule has 0 aromatic carbocycles. The predicted octanol–water partition coefficient (Wildman–Crippen LogP) is 1.92. The number of rotatable bonds is 3. The van der Waals surface area contributed by atoms with E-state index in [1.807, 2.05) is 30.2 Å². The fourth-order valence-corrected chi connectivity index (χ4v) is 4.08. The van der Waals surface area contributed by atoms with Gasteiger partial charge in [-0.05, 0) is 50.7 Å². The van der Waals surface area contributed by atoms with Crippen LogP contribution in [0.4, 0.5) is 0 Å². The van der Waals surface area contributed by atoms with Crippen LogP contribution in [-0.2, 0) is 16.0 Å². The van der Waals surface area contributed by atoms with Crippen molar-refractivity contribution in [2.24, 2.45) is 5.41 Å². The summed E-state index contributed by atoms with van der Waals surface area (Å²) >= 11 is 0. The van der Waals surface area contributed by atoms with Gasteiger partial charge in [0.05, 0.1) is 5.41 Å². The van der Waals surface area contributed by atoms with Crippen molar-refractivity contribution in [3.8, 4) is 0 Å². The molecular weight excluding hydrogens is 290 g/mol. The van der Waals surface area contributed by atoms with E-state index in [1.165, 1.54) is 0 Å². The fourth-order valence-electron chi connectivity index (χ4n) is 4.08. The first kappa shape index (κ1) is 16.0. The van der Waals surface area contributed by atoms with Crippen molar-refractivity contribution >= 4 is 11.8 Å². The molecule has 1 aromatic rings. The lowest BCUT2D eigenvalue weighted by atomic mass is 9.68. The number of amides is 2. The van der Waals surface area contributed by atoms with Crippen molar-refractivity contribution in [2.75, 3.05) is 13.1 Å². The number of carbonyl (C=O) groups is 2. The zero-order valence-electron chi connectivity index (χ0n) is 13.8. The van der Waals surface area contributed by atoms with Crippen molar-refractivity contribution in [3.63, 3.8) is 0 Å². The Morgan fingerprint density at radius 2 is 2.26 bits per heavy atom. The molecule has 0 saturated carbocycles. The highest BCUT2D eigenvalue weighted by atomic mass is 16.2. The standard InChI is InChI=1S/C18H25N3O2/c1-14-18(8-3-11-20-17(18)23)9-4-12-21(14)16(22)7-6-15-5-2-10-19-13-15/h2,5,10,13-14H,3-4,6-9,11-12H2,1H3,(H,20,23)/t14-,18-/m0/s1. The summed E-state index contributed by atoms with van der Waals surface area (Å²) in [4.78, 5) is 31.2.